The van der Waals surface area contributed by atoms with Gasteiger partial charge in [0.05, 0.1) is 23.0 Å². The number of pyridine rings is 3. The minimum atomic E-state index is -4.42. The third kappa shape index (κ3) is 4.62. The number of alkyl halides is 3. The third-order valence-corrected chi connectivity index (χ3v) is 4.50. The zero-order valence-electron chi connectivity index (χ0n) is 14.0. The molecule has 0 aliphatic rings. The van der Waals surface area contributed by atoms with Gasteiger partial charge in [-0.3, -0.25) is 9.78 Å². The van der Waals surface area contributed by atoms with E-state index in [1.165, 1.54) is 17.2 Å². The zero-order valence-corrected chi connectivity index (χ0v) is 14.8. The molecular weight excluding hydrogens is 377 g/mol. The van der Waals surface area contributed by atoms with E-state index in [2.05, 4.69) is 15.0 Å². The van der Waals surface area contributed by atoms with Crippen molar-refractivity contribution in [2.24, 2.45) is 0 Å². The molecule has 0 N–H and O–H groups in total. The molecule has 3 heterocycles. The SMILES string of the molecule is CN(C(=O)c1ccc(Sc2ccc(C(F)(F)F)cn2)nc1)c1cccnc1. The molecule has 0 spiro atoms. The molecule has 0 saturated carbocycles. The van der Waals surface area contributed by atoms with Crippen LogP contribution in [0.5, 0.6) is 0 Å². The van der Waals surface area contributed by atoms with Crippen LogP contribution in [-0.2, 0) is 6.18 Å². The number of rotatable bonds is 4. The molecule has 3 aromatic heterocycles. The summed E-state index contributed by atoms with van der Waals surface area (Å²) in [7, 11) is 1.63. The smallest absolute Gasteiger partial charge is 0.310 e. The summed E-state index contributed by atoms with van der Waals surface area (Å²) in [5, 5.41) is 0.893. The molecule has 0 bridgehead atoms. The van der Waals surface area contributed by atoms with Crippen LogP contribution < -0.4 is 4.90 Å². The van der Waals surface area contributed by atoms with Gasteiger partial charge in [0.1, 0.15) is 10.1 Å². The standard InChI is InChI=1S/C18H13F3N4OS/c1-25(14-3-2-8-22-11-14)17(26)12-4-6-15(23-9-12)27-16-7-5-13(10-24-16)18(19,20)21/h2-11H,1H3. The average Bonchev–Trinajstić information content (AvgIpc) is 2.68. The second kappa shape index (κ2) is 7.75. The Balaban J connectivity index is 1.69. The Morgan fingerprint density at radius 1 is 1.00 bits per heavy atom. The van der Waals surface area contributed by atoms with Crippen LogP contribution in [0.1, 0.15) is 15.9 Å². The number of nitrogens with zero attached hydrogens (tertiary/aromatic N) is 4. The fraction of sp³-hybridized carbons (Fsp3) is 0.111. The highest BCUT2D eigenvalue weighted by Gasteiger charge is 2.30. The summed E-state index contributed by atoms with van der Waals surface area (Å²) >= 11 is 1.11. The van der Waals surface area contributed by atoms with Crippen molar-refractivity contribution < 1.29 is 18.0 Å². The van der Waals surface area contributed by atoms with Gasteiger partial charge in [0.2, 0.25) is 0 Å². The lowest BCUT2D eigenvalue weighted by molar-refractivity contribution is -0.137. The topological polar surface area (TPSA) is 59.0 Å². The second-order valence-corrected chi connectivity index (χ2v) is 6.49. The molecule has 5 nitrogen and oxygen atoms in total. The number of amides is 1. The van der Waals surface area contributed by atoms with Crippen molar-refractivity contribution in [3.05, 3.63) is 72.3 Å². The van der Waals surface area contributed by atoms with E-state index in [-0.39, 0.29) is 5.91 Å². The molecule has 3 aromatic rings. The molecule has 0 radical (unpaired) electrons. The van der Waals surface area contributed by atoms with Crippen molar-refractivity contribution in [3.63, 3.8) is 0 Å². The van der Waals surface area contributed by atoms with Crippen molar-refractivity contribution in [3.8, 4) is 0 Å². The molecule has 0 aliphatic heterocycles. The van der Waals surface area contributed by atoms with Crippen molar-refractivity contribution in [2.75, 3.05) is 11.9 Å². The molecule has 27 heavy (non-hydrogen) atoms. The predicted molar refractivity (Wildman–Crippen MR) is 94.6 cm³/mol. The van der Waals surface area contributed by atoms with Crippen molar-refractivity contribution in [1.82, 2.24) is 15.0 Å². The summed E-state index contributed by atoms with van der Waals surface area (Å²) in [5.41, 5.74) is 0.222. The Bertz CT molecular complexity index is 916. The van der Waals surface area contributed by atoms with Crippen LogP contribution in [-0.4, -0.2) is 27.9 Å². The van der Waals surface area contributed by atoms with Gasteiger partial charge in [-0.05, 0) is 36.4 Å². The van der Waals surface area contributed by atoms with Gasteiger partial charge >= 0.3 is 6.18 Å². The van der Waals surface area contributed by atoms with Crippen LogP contribution in [0.15, 0.2) is 71.2 Å². The highest BCUT2D eigenvalue weighted by Crippen LogP contribution is 2.31. The number of hydrogen-bond acceptors (Lipinski definition) is 5. The molecule has 1 amide bonds. The minimum absolute atomic E-state index is 0.250. The van der Waals surface area contributed by atoms with Crippen LogP contribution in [0, 0.1) is 0 Å². The Morgan fingerprint density at radius 2 is 1.70 bits per heavy atom. The lowest BCUT2D eigenvalue weighted by Gasteiger charge is -2.16. The molecule has 0 aliphatic carbocycles. The zero-order chi connectivity index (χ0) is 19.4. The van der Waals surface area contributed by atoms with Crippen molar-refractivity contribution in [1.29, 1.82) is 0 Å². The number of carbonyl (C=O) groups is 1. The largest absolute Gasteiger partial charge is 0.417 e. The molecule has 0 fully saturated rings. The van der Waals surface area contributed by atoms with Crippen LogP contribution in [0.4, 0.5) is 18.9 Å². The first-order valence-electron chi connectivity index (χ1n) is 7.70. The van der Waals surface area contributed by atoms with Gasteiger partial charge in [-0.15, -0.1) is 0 Å². The first kappa shape index (κ1) is 18.8. The lowest BCUT2D eigenvalue weighted by atomic mass is 10.2. The van der Waals surface area contributed by atoms with Crippen LogP contribution in [0.25, 0.3) is 0 Å². The van der Waals surface area contributed by atoms with E-state index in [0.29, 0.717) is 21.3 Å². The number of hydrogen-bond donors (Lipinski definition) is 0. The Kier molecular flexibility index (Phi) is 5.41. The molecule has 0 aromatic carbocycles. The summed E-state index contributed by atoms with van der Waals surface area (Å²) in [5.74, 6) is -0.250. The maximum Gasteiger partial charge on any atom is 0.417 e. The first-order valence-corrected chi connectivity index (χ1v) is 8.51. The second-order valence-electron chi connectivity index (χ2n) is 5.45. The molecule has 3 rings (SSSR count). The molecular formula is C18H13F3N4OS. The quantitative estimate of drug-likeness (QED) is 0.664. The highest BCUT2D eigenvalue weighted by molar-refractivity contribution is 7.99. The Labute approximate surface area is 157 Å². The van der Waals surface area contributed by atoms with E-state index in [1.807, 2.05) is 0 Å². The van der Waals surface area contributed by atoms with E-state index in [4.69, 9.17) is 0 Å². The van der Waals surface area contributed by atoms with E-state index >= 15 is 0 Å². The molecule has 9 heteroatoms. The van der Waals surface area contributed by atoms with E-state index in [0.717, 1.165) is 24.0 Å². The monoisotopic (exact) mass is 390 g/mol. The lowest BCUT2D eigenvalue weighted by Crippen LogP contribution is -2.26. The van der Waals surface area contributed by atoms with Crippen LogP contribution >= 0.6 is 11.8 Å². The third-order valence-electron chi connectivity index (χ3n) is 3.59. The van der Waals surface area contributed by atoms with Gasteiger partial charge in [0.25, 0.3) is 5.91 Å². The van der Waals surface area contributed by atoms with Crippen LogP contribution in [0.3, 0.4) is 0 Å². The molecule has 0 atom stereocenters. The summed E-state index contributed by atoms with van der Waals surface area (Å²) < 4.78 is 37.7. The van der Waals surface area contributed by atoms with Crippen molar-refractivity contribution >= 4 is 23.4 Å². The number of carbonyl (C=O) groups excluding carboxylic acids is 1. The van der Waals surface area contributed by atoms with Gasteiger partial charge < -0.3 is 4.90 Å². The predicted octanol–water partition coefficient (Wildman–Crippen LogP) is 4.32. The highest BCUT2D eigenvalue weighted by atomic mass is 32.2. The first-order chi connectivity index (χ1) is 12.8. The minimum Gasteiger partial charge on any atom is -0.310 e. The Morgan fingerprint density at radius 3 is 2.22 bits per heavy atom. The van der Waals surface area contributed by atoms with Gasteiger partial charge in [-0.25, -0.2) is 9.97 Å². The summed E-state index contributed by atoms with van der Waals surface area (Å²) in [6.07, 6.45) is 0.970. The molecule has 0 saturated heterocycles. The molecule has 0 unspecified atom stereocenters. The fourth-order valence-corrected chi connectivity index (χ4v) is 2.84. The fourth-order valence-electron chi connectivity index (χ4n) is 2.15. The summed E-state index contributed by atoms with van der Waals surface area (Å²) in [4.78, 5) is 25.9. The summed E-state index contributed by atoms with van der Waals surface area (Å²) in [6.45, 7) is 0. The van der Waals surface area contributed by atoms with E-state index in [9.17, 15) is 18.0 Å². The van der Waals surface area contributed by atoms with Gasteiger partial charge in [-0.2, -0.15) is 13.2 Å². The van der Waals surface area contributed by atoms with E-state index in [1.54, 1.807) is 43.7 Å². The van der Waals surface area contributed by atoms with Gasteiger partial charge in [0.15, 0.2) is 0 Å². The number of halogens is 3. The van der Waals surface area contributed by atoms with Crippen molar-refractivity contribution in [2.45, 2.75) is 16.2 Å². The number of anilines is 1. The normalized spacial score (nSPS) is 11.3. The van der Waals surface area contributed by atoms with Crippen LogP contribution in [0.2, 0.25) is 0 Å². The maximum absolute atomic E-state index is 12.6. The van der Waals surface area contributed by atoms with Gasteiger partial charge in [0, 0.05) is 25.6 Å². The van der Waals surface area contributed by atoms with E-state index < -0.39 is 11.7 Å². The molecule has 138 valence electrons. The summed E-state index contributed by atoms with van der Waals surface area (Å²) in [6, 6.07) is 8.97. The maximum atomic E-state index is 12.6. The average molecular weight is 390 g/mol. The Hall–Kier alpha value is -2.94. The van der Waals surface area contributed by atoms with Gasteiger partial charge in [-0.1, -0.05) is 11.8 Å². The number of aromatic nitrogens is 3.